The second kappa shape index (κ2) is 11.7. The molecule has 3 N–H and O–H groups in total. The quantitative estimate of drug-likeness (QED) is 0.300. The minimum absolute atomic E-state index is 0.000733. The first-order valence-electron chi connectivity index (χ1n) is 13.0. The molecule has 2 heterocycles. The highest BCUT2D eigenvalue weighted by atomic mass is 19.1. The van der Waals surface area contributed by atoms with E-state index < -0.39 is 35.3 Å². The number of carbonyl (C=O) groups is 2. The largest absolute Gasteiger partial charge is 0.366 e. The van der Waals surface area contributed by atoms with E-state index in [0.29, 0.717) is 22.4 Å². The molecule has 2 amide bonds. The van der Waals surface area contributed by atoms with E-state index in [4.69, 9.17) is 5.73 Å². The van der Waals surface area contributed by atoms with E-state index >= 15 is 0 Å². The van der Waals surface area contributed by atoms with Gasteiger partial charge in [0.05, 0.1) is 17.3 Å². The number of aromatic nitrogens is 3. The number of nitrogens with one attached hydrogen (secondary N) is 1. The molecule has 41 heavy (non-hydrogen) atoms. The summed E-state index contributed by atoms with van der Waals surface area (Å²) in [5.74, 6) is -3.61. The highest BCUT2D eigenvalue weighted by molar-refractivity contribution is 5.94. The predicted molar refractivity (Wildman–Crippen MR) is 147 cm³/mol. The van der Waals surface area contributed by atoms with Gasteiger partial charge >= 0.3 is 0 Å². The number of rotatable bonds is 9. The molecule has 4 aromatic rings. The maximum absolute atomic E-state index is 14.2. The molecule has 210 valence electrons. The van der Waals surface area contributed by atoms with Crippen molar-refractivity contribution in [3.05, 3.63) is 106 Å². The number of halogens is 3. The van der Waals surface area contributed by atoms with Crippen LogP contribution in [0, 0.1) is 17.5 Å². The van der Waals surface area contributed by atoms with Crippen LogP contribution in [0.1, 0.15) is 51.0 Å². The fourth-order valence-corrected chi connectivity index (χ4v) is 5.27. The van der Waals surface area contributed by atoms with Gasteiger partial charge in [0.15, 0.2) is 0 Å². The van der Waals surface area contributed by atoms with Gasteiger partial charge in [-0.25, -0.2) is 13.2 Å². The molecular formula is C30H27F3N6O2. The minimum atomic E-state index is -0.936. The molecule has 5 rings (SSSR count). The molecule has 1 aliphatic carbocycles. The van der Waals surface area contributed by atoms with E-state index in [-0.39, 0.29) is 18.5 Å². The first-order valence-corrected chi connectivity index (χ1v) is 13.0. The lowest BCUT2D eigenvalue weighted by atomic mass is 9.94. The van der Waals surface area contributed by atoms with E-state index in [9.17, 15) is 22.8 Å². The summed E-state index contributed by atoms with van der Waals surface area (Å²) in [7, 11) is 1.66. The summed E-state index contributed by atoms with van der Waals surface area (Å²) < 4.78 is 44.0. The van der Waals surface area contributed by atoms with Gasteiger partial charge in [0.2, 0.25) is 5.91 Å². The van der Waals surface area contributed by atoms with Gasteiger partial charge in [-0.1, -0.05) is 12.1 Å². The highest BCUT2D eigenvalue weighted by Gasteiger charge is 2.26. The number of primary amides is 1. The monoisotopic (exact) mass is 560 g/mol. The second-order valence-electron chi connectivity index (χ2n) is 9.81. The fraction of sp³-hybridized carbons (Fsp3) is 0.233. The number of carbonyl (C=O) groups excluding carboxylic acids is 2. The lowest BCUT2D eigenvalue weighted by Gasteiger charge is -2.22. The molecule has 8 nitrogen and oxygen atoms in total. The fourth-order valence-electron chi connectivity index (χ4n) is 5.27. The van der Waals surface area contributed by atoms with E-state index in [1.165, 1.54) is 30.5 Å². The van der Waals surface area contributed by atoms with Gasteiger partial charge in [-0.15, -0.1) is 0 Å². The zero-order valence-corrected chi connectivity index (χ0v) is 22.2. The zero-order chi connectivity index (χ0) is 29.1. The van der Waals surface area contributed by atoms with Gasteiger partial charge in [-0.3, -0.25) is 24.2 Å². The third kappa shape index (κ3) is 6.03. The predicted octanol–water partition coefficient (Wildman–Crippen LogP) is 4.10. The van der Waals surface area contributed by atoms with Gasteiger partial charge in [0.1, 0.15) is 29.7 Å². The molecule has 0 saturated heterocycles. The Labute approximate surface area is 234 Å². The molecule has 1 aliphatic rings. The number of aliphatic imine (C=N–C) groups is 1. The Morgan fingerprint density at radius 1 is 1.12 bits per heavy atom. The van der Waals surface area contributed by atoms with Crippen molar-refractivity contribution in [3.8, 4) is 11.1 Å². The maximum atomic E-state index is 14.2. The maximum Gasteiger partial charge on any atom is 0.251 e. The number of nitrogens with zero attached hydrogens (tertiary/aromatic N) is 4. The van der Waals surface area contributed by atoms with Crippen molar-refractivity contribution in [1.82, 2.24) is 20.1 Å². The van der Waals surface area contributed by atoms with Crippen molar-refractivity contribution in [1.29, 1.82) is 0 Å². The van der Waals surface area contributed by atoms with Crippen molar-refractivity contribution in [2.75, 3.05) is 7.05 Å². The SMILES string of the molecule is CN=Cc1nn(CC(=O)NC(Cc2cc(F)cc(F)c2)c2ncccc2-c2ccc(F)c(C(N)=O)c2)c2c1CCC2. The Morgan fingerprint density at radius 2 is 1.90 bits per heavy atom. The Bertz CT molecular complexity index is 1650. The molecule has 0 radical (unpaired) electrons. The average Bonchev–Trinajstić information content (AvgIpc) is 3.53. The summed E-state index contributed by atoms with van der Waals surface area (Å²) in [4.78, 5) is 33.8. The topological polar surface area (TPSA) is 115 Å². The Kier molecular flexibility index (Phi) is 7.95. The third-order valence-electron chi connectivity index (χ3n) is 6.99. The first-order chi connectivity index (χ1) is 19.7. The van der Waals surface area contributed by atoms with Crippen molar-refractivity contribution in [3.63, 3.8) is 0 Å². The molecule has 0 aliphatic heterocycles. The van der Waals surface area contributed by atoms with Crippen LogP contribution in [-0.2, 0) is 30.6 Å². The van der Waals surface area contributed by atoms with Gasteiger partial charge < -0.3 is 11.1 Å². The van der Waals surface area contributed by atoms with Gasteiger partial charge in [-0.2, -0.15) is 5.10 Å². The van der Waals surface area contributed by atoms with Crippen LogP contribution in [0.3, 0.4) is 0 Å². The number of fused-ring (bicyclic) bond motifs is 1. The molecule has 1 atom stereocenters. The van der Waals surface area contributed by atoms with E-state index in [0.717, 1.165) is 48.3 Å². The normalized spacial score (nSPS) is 13.4. The molecule has 0 bridgehead atoms. The molecule has 2 aromatic carbocycles. The summed E-state index contributed by atoms with van der Waals surface area (Å²) in [6.45, 7) is -0.0849. The second-order valence-corrected chi connectivity index (χ2v) is 9.81. The lowest BCUT2D eigenvalue weighted by molar-refractivity contribution is -0.122. The molecule has 0 saturated carbocycles. The number of amides is 2. The van der Waals surface area contributed by atoms with Crippen LogP contribution in [0.25, 0.3) is 11.1 Å². The standard InChI is InChI=1S/C30H27F3N6O2/c1-35-15-26-22-4-2-6-27(22)39(38-26)16-28(40)37-25(12-17-10-19(31)14-20(32)11-17)29-21(5-3-9-36-29)18-7-8-24(33)23(13-18)30(34)41/h3,5,7-11,13-15,25H,2,4,6,12,16H2,1H3,(H2,34,41)(H,37,40). The summed E-state index contributed by atoms with van der Waals surface area (Å²) in [6.07, 6.45) is 5.78. The van der Waals surface area contributed by atoms with Crippen LogP contribution in [0.4, 0.5) is 13.2 Å². The van der Waals surface area contributed by atoms with E-state index in [1.54, 1.807) is 30.1 Å². The van der Waals surface area contributed by atoms with Crippen molar-refractivity contribution >= 4 is 18.0 Å². The van der Waals surface area contributed by atoms with Gasteiger partial charge in [-0.05, 0) is 67.1 Å². The number of benzene rings is 2. The number of pyridine rings is 1. The molecule has 11 heteroatoms. The summed E-state index contributed by atoms with van der Waals surface area (Å²) in [5, 5.41) is 7.51. The smallest absolute Gasteiger partial charge is 0.251 e. The van der Waals surface area contributed by atoms with E-state index in [1.807, 2.05) is 0 Å². The summed E-state index contributed by atoms with van der Waals surface area (Å²) in [5.41, 5.74) is 9.39. The lowest BCUT2D eigenvalue weighted by Crippen LogP contribution is -2.34. The van der Waals surface area contributed by atoms with Crippen LogP contribution in [0.5, 0.6) is 0 Å². The number of nitrogens with two attached hydrogens (primary N) is 1. The molecule has 0 spiro atoms. The minimum Gasteiger partial charge on any atom is -0.366 e. The number of hydrogen-bond donors (Lipinski definition) is 2. The average molecular weight is 561 g/mol. The molecule has 2 aromatic heterocycles. The summed E-state index contributed by atoms with van der Waals surface area (Å²) >= 11 is 0. The molecule has 1 unspecified atom stereocenters. The third-order valence-corrected chi connectivity index (χ3v) is 6.99. The van der Waals surface area contributed by atoms with Crippen LogP contribution in [-0.4, -0.2) is 39.8 Å². The summed E-state index contributed by atoms with van der Waals surface area (Å²) in [6, 6.07) is 9.53. The zero-order valence-electron chi connectivity index (χ0n) is 22.2. The Morgan fingerprint density at radius 3 is 2.63 bits per heavy atom. The number of hydrogen-bond acceptors (Lipinski definition) is 5. The Hall–Kier alpha value is -4.80. The van der Waals surface area contributed by atoms with Crippen molar-refractivity contribution in [2.45, 2.75) is 38.3 Å². The highest BCUT2D eigenvalue weighted by Crippen LogP contribution is 2.31. The van der Waals surface area contributed by atoms with Crippen LogP contribution in [0.15, 0.2) is 59.7 Å². The molecular weight excluding hydrogens is 533 g/mol. The molecule has 0 fully saturated rings. The van der Waals surface area contributed by atoms with Gasteiger partial charge in [0, 0.05) is 42.3 Å². The van der Waals surface area contributed by atoms with Crippen molar-refractivity contribution in [2.24, 2.45) is 10.7 Å². The van der Waals surface area contributed by atoms with Gasteiger partial charge in [0.25, 0.3) is 5.91 Å². The van der Waals surface area contributed by atoms with Crippen LogP contribution in [0.2, 0.25) is 0 Å². The van der Waals surface area contributed by atoms with Crippen molar-refractivity contribution < 1.29 is 22.8 Å². The van der Waals surface area contributed by atoms with Crippen LogP contribution < -0.4 is 11.1 Å². The van der Waals surface area contributed by atoms with E-state index in [2.05, 4.69) is 20.4 Å². The Balaban J connectivity index is 1.52. The van der Waals surface area contributed by atoms with Crippen LogP contribution >= 0.6 is 0 Å². The first kappa shape index (κ1) is 27.8.